The third-order valence-corrected chi connectivity index (χ3v) is 6.51. The number of alkyl halides is 3. The number of halogens is 3. The van der Waals surface area contributed by atoms with Crippen LogP contribution in [0.2, 0.25) is 0 Å². The number of rotatable bonds is 3. The van der Waals surface area contributed by atoms with Crippen molar-refractivity contribution in [2.75, 3.05) is 31.1 Å². The Kier molecular flexibility index (Phi) is 5.74. The summed E-state index contributed by atoms with van der Waals surface area (Å²) in [7, 11) is 0. The predicted octanol–water partition coefficient (Wildman–Crippen LogP) is 3.25. The van der Waals surface area contributed by atoms with E-state index in [1.54, 1.807) is 28.1 Å². The van der Waals surface area contributed by atoms with Crippen LogP contribution in [0.4, 0.5) is 24.0 Å². The second-order valence-electron chi connectivity index (χ2n) is 7.35. The summed E-state index contributed by atoms with van der Waals surface area (Å²) in [5, 5.41) is 11.3. The average Bonchev–Trinajstić information content (AvgIpc) is 2.77. The van der Waals surface area contributed by atoms with E-state index in [-0.39, 0.29) is 15.7 Å². The summed E-state index contributed by atoms with van der Waals surface area (Å²) in [6.07, 6.45) is -1.83. The summed E-state index contributed by atoms with van der Waals surface area (Å²) in [4.78, 5) is 47.0. The van der Waals surface area contributed by atoms with Crippen molar-refractivity contribution >= 4 is 38.1 Å². The first-order valence-electron chi connectivity index (χ1n) is 9.72. The molecule has 0 spiro atoms. The van der Waals surface area contributed by atoms with Crippen molar-refractivity contribution < 1.29 is 22.9 Å². The van der Waals surface area contributed by atoms with Gasteiger partial charge in [-0.3, -0.25) is 24.7 Å². The van der Waals surface area contributed by atoms with Crippen molar-refractivity contribution in [3.05, 3.63) is 67.8 Å². The van der Waals surface area contributed by atoms with E-state index in [1.807, 2.05) is 0 Å². The van der Waals surface area contributed by atoms with Crippen LogP contribution in [0.1, 0.15) is 21.5 Å². The largest absolute Gasteiger partial charge is 0.416 e. The Morgan fingerprint density at radius 1 is 1.24 bits per heavy atom. The summed E-state index contributed by atoms with van der Waals surface area (Å²) in [5.41, 5.74) is -3.08. The molecule has 13 heteroatoms. The summed E-state index contributed by atoms with van der Waals surface area (Å²) >= 11 is 0.794. The lowest BCUT2D eigenvalue weighted by Crippen LogP contribution is -2.49. The Hall–Kier alpha value is -3.61. The minimum absolute atomic E-state index is 0.156. The quantitative estimate of drug-likeness (QED) is 0.419. The van der Waals surface area contributed by atoms with E-state index in [1.165, 1.54) is 6.20 Å². The molecule has 0 radical (unpaired) electrons. The van der Waals surface area contributed by atoms with Gasteiger partial charge in [0.15, 0.2) is 5.13 Å². The molecule has 1 aliphatic heterocycles. The van der Waals surface area contributed by atoms with Gasteiger partial charge in [0, 0.05) is 44.1 Å². The van der Waals surface area contributed by atoms with Gasteiger partial charge >= 0.3 is 6.18 Å². The molecule has 3 heterocycles. The number of hydrogen-bond acceptors (Lipinski definition) is 8. The number of amides is 1. The van der Waals surface area contributed by atoms with Gasteiger partial charge in [-0.1, -0.05) is 11.3 Å². The molecule has 3 aromatic rings. The monoisotopic (exact) mass is 479 g/mol. The van der Waals surface area contributed by atoms with Gasteiger partial charge in [0.1, 0.15) is 4.70 Å². The number of hydrogen-bond donors (Lipinski definition) is 0. The van der Waals surface area contributed by atoms with Crippen molar-refractivity contribution in [1.29, 1.82) is 0 Å². The maximum Gasteiger partial charge on any atom is 0.416 e. The van der Waals surface area contributed by atoms with E-state index in [0.717, 1.165) is 18.3 Å². The molecule has 1 amide bonds. The standard InChI is InChI=1S/C20H16F3N5O4S/c1-11-14(20(21,22)23)9-13-16(15(11)28(31)32)33-19(25-17(13)29)27-7-5-26(6-8-27)18(30)12-3-2-4-24-10-12/h2-4,9-10H,5-8H2,1H3. The van der Waals surface area contributed by atoms with Crippen molar-refractivity contribution in [3.8, 4) is 0 Å². The first-order valence-corrected chi connectivity index (χ1v) is 10.5. The first-order chi connectivity index (χ1) is 15.6. The Morgan fingerprint density at radius 3 is 2.52 bits per heavy atom. The molecular weight excluding hydrogens is 463 g/mol. The van der Waals surface area contributed by atoms with E-state index in [4.69, 9.17) is 0 Å². The molecule has 0 saturated carbocycles. The number of carbonyl (C=O) groups excluding carboxylic acids is 1. The van der Waals surface area contributed by atoms with Crippen LogP contribution in [0.25, 0.3) is 10.1 Å². The molecule has 0 unspecified atom stereocenters. The zero-order valence-electron chi connectivity index (χ0n) is 17.1. The highest BCUT2D eigenvalue weighted by Gasteiger charge is 2.37. The smallest absolute Gasteiger partial charge is 0.344 e. The molecule has 1 fully saturated rings. The highest BCUT2D eigenvalue weighted by atomic mass is 32.1. The predicted molar refractivity (Wildman–Crippen MR) is 115 cm³/mol. The number of nitro benzene ring substituents is 1. The molecule has 1 aromatic carbocycles. The highest BCUT2D eigenvalue weighted by molar-refractivity contribution is 7.22. The number of nitrogens with zero attached hydrogens (tertiary/aromatic N) is 5. The fourth-order valence-corrected chi connectivity index (χ4v) is 4.89. The summed E-state index contributed by atoms with van der Waals surface area (Å²) in [6.45, 7) is 2.23. The van der Waals surface area contributed by atoms with Crippen molar-refractivity contribution in [1.82, 2.24) is 14.9 Å². The maximum absolute atomic E-state index is 13.4. The van der Waals surface area contributed by atoms with Gasteiger partial charge in [-0.15, -0.1) is 0 Å². The van der Waals surface area contributed by atoms with E-state index in [9.17, 15) is 32.9 Å². The Balaban J connectivity index is 1.67. The molecule has 1 aliphatic rings. The number of aromatic nitrogens is 2. The Morgan fingerprint density at radius 2 is 1.94 bits per heavy atom. The molecule has 0 atom stereocenters. The Labute approximate surface area is 188 Å². The van der Waals surface area contributed by atoms with Gasteiger partial charge in [-0.25, -0.2) is 0 Å². The maximum atomic E-state index is 13.4. The lowest BCUT2D eigenvalue weighted by Gasteiger charge is -2.34. The Bertz CT molecular complexity index is 1310. The number of benzene rings is 1. The zero-order valence-corrected chi connectivity index (χ0v) is 17.9. The van der Waals surface area contributed by atoms with Gasteiger partial charge in [-0.05, 0) is 25.1 Å². The van der Waals surface area contributed by atoms with Gasteiger partial charge in [0.05, 0.1) is 21.4 Å². The molecule has 0 aliphatic carbocycles. The second-order valence-corrected chi connectivity index (χ2v) is 8.33. The SMILES string of the molecule is Cc1c(C(F)(F)F)cc2c(=O)nc(N3CCN(C(=O)c4cccnc4)CC3)sc2c1[N+](=O)[O-]. The molecule has 4 rings (SSSR count). The van der Waals surface area contributed by atoms with E-state index < -0.39 is 38.9 Å². The topological polar surface area (TPSA) is 110 Å². The molecule has 0 N–H and O–H groups in total. The number of nitro groups is 1. The minimum atomic E-state index is -4.85. The normalized spacial score (nSPS) is 14.5. The van der Waals surface area contributed by atoms with Crippen LogP contribution in [0.3, 0.4) is 0 Å². The van der Waals surface area contributed by atoms with E-state index in [0.29, 0.717) is 37.8 Å². The van der Waals surface area contributed by atoms with Crippen LogP contribution in [0.15, 0.2) is 35.4 Å². The van der Waals surface area contributed by atoms with Gasteiger partial charge in [0.2, 0.25) is 0 Å². The lowest BCUT2D eigenvalue weighted by molar-refractivity contribution is -0.383. The van der Waals surface area contributed by atoms with Gasteiger partial charge in [0.25, 0.3) is 17.2 Å². The minimum Gasteiger partial charge on any atom is -0.344 e. The number of piperazine rings is 1. The molecular formula is C20H16F3N5O4S. The molecule has 2 aromatic heterocycles. The number of pyridine rings is 1. The van der Waals surface area contributed by atoms with Crippen LogP contribution in [0, 0.1) is 17.0 Å². The van der Waals surface area contributed by atoms with Crippen LogP contribution in [0.5, 0.6) is 0 Å². The van der Waals surface area contributed by atoms with E-state index >= 15 is 0 Å². The fourth-order valence-electron chi connectivity index (χ4n) is 3.69. The van der Waals surface area contributed by atoms with Crippen molar-refractivity contribution in [2.24, 2.45) is 0 Å². The molecule has 0 bridgehead atoms. The summed E-state index contributed by atoms with van der Waals surface area (Å²) in [5.74, 6) is -0.201. The van der Waals surface area contributed by atoms with Crippen LogP contribution in [-0.4, -0.2) is 51.9 Å². The van der Waals surface area contributed by atoms with Gasteiger partial charge in [-0.2, -0.15) is 18.2 Å². The van der Waals surface area contributed by atoms with Crippen molar-refractivity contribution in [3.63, 3.8) is 0 Å². The van der Waals surface area contributed by atoms with Crippen LogP contribution < -0.4 is 10.5 Å². The van der Waals surface area contributed by atoms with Crippen LogP contribution in [-0.2, 0) is 6.18 Å². The molecule has 1 saturated heterocycles. The lowest BCUT2D eigenvalue weighted by atomic mass is 10.0. The van der Waals surface area contributed by atoms with Crippen molar-refractivity contribution in [2.45, 2.75) is 13.1 Å². The summed E-state index contributed by atoms with van der Waals surface area (Å²) < 4.78 is 39.9. The van der Waals surface area contributed by atoms with Gasteiger partial charge < -0.3 is 9.80 Å². The molecule has 172 valence electrons. The molecule has 33 heavy (non-hydrogen) atoms. The average molecular weight is 479 g/mol. The third-order valence-electron chi connectivity index (χ3n) is 5.36. The number of carbonyl (C=O) groups is 1. The second kappa shape index (κ2) is 8.39. The summed E-state index contributed by atoms with van der Waals surface area (Å²) in [6, 6.07) is 3.92. The third kappa shape index (κ3) is 4.23. The molecule has 9 nitrogen and oxygen atoms in total. The number of fused-ring (bicyclic) bond motifs is 1. The highest BCUT2D eigenvalue weighted by Crippen LogP contribution is 2.41. The van der Waals surface area contributed by atoms with E-state index in [2.05, 4.69) is 9.97 Å². The fraction of sp³-hybridized carbons (Fsp3) is 0.300. The number of anilines is 1. The first kappa shape index (κ1) is 22.6. The zero-order chi connectivity index (χ0) is 23.9. The van der Waals surface area contributed by atoms with Crippen LogP contribution >= 0.6 is 11.3 Å².